The smallest absolute Gasteiger partial charge is 0.0463 e. The molecular weight excluding hydrogens is 344 g/mol. The van der Waals surface area contributed by atoms with Gasteiger partial charge in [-0.2, -0.15) is 0 Å². The van der Waals surface area contributed by atoms with Crippen LogP contribution in [-0.2, 0) is 0 Å². The number of hydrogen-bond acceptors (Lipinski definition) is 4. The van der Waals surface area contributed by atoms with Gasteiger partial charge in [-0.15, -0.1) is 0 Å². The largest absolute Gasteiger partial charge is 0.385 e. The minimum atomic E-state index is 0.918. The summed E-state index contributed by atoms with van der Waals surface area (Å²) in [5, 5.41) is 10.1. The van der Waals surface area contributed by atoms with Crippen molar-refractivity contribution in [2.24, 2.45) is 0 Å². The third-order valence-electron chi connectivity index (χ3n) is 4.52. The van der Waals surface area contributed by atoms with E-state index in [0.29, 0.717) is 0 Å². The molecule has 146 valence electrons. The van der Waals surface area contributed by atoms with Crippen molar-refractivity contribution in [3.8, 4) is 0 Å². The quantitative estimate of drug-likeness (QED) is 0.402. The van der Waals surface area contributed by atoms with Crippen LogP contribution in [0.1, 0.15) is 20.8 Å². The molecule has 0 aliphatic heterocycles. The molecule has 0 spiro atoms. The lowest BCUT2D eigenvalue weighted by molar-refractivity contribution is 1.20. The van der Waals surface area contributed by atoms with Gasteiger partial charge in [-0.1, -0.05) is 0 Å². The summed E-state index contributed by atoms with van der Waals surface area (Å²) in [5.41, 5.74) is 6.81. The first-order valence-corrected chi connectivity index (χ1v) is 10.1. The molecule has 4 nitrogen and oxygen atoms in total. The third kappa shape index (κ3) is 4.77. The van der Waals surface area contributed by atoms with Gasteiger partial charge in [0.1, 0.15) is 0 Å². The van der Waals surface area contributed by atoms with Gasteiger partial charge in [-0.05, 0) is 93.6 Å². The van der Waals surface area contributed by atoms with E-state index in [1.165, 1.54) is 0 Å². The first kappa shape index (κ1) is 19.6. The third-order valence-corrected chi connectivity index (χ3v) is 4.52. The van der Waals surface area contributed by atoms with E-state index in [1.54, 1.807) is 0 Å². The summed E-state index contributed by atoms with van der Waals surface area (Å²) in [6, 6.07) is 25.8. The molecule has 0 fully saturated rings. The van der Waals surface area contributed by atoms with Crippen LogP contribution in [0, 0.1) is 0 Å². The second-order valence-electron chi connectivity index (χ2n) is 6.57. The van der Waals surface area contributed by atoms with Crippen molar-refractivity contribution in [2.75, 3.05) is 40.5 Å². The molecular formula is C24H30N4. The normalized spacial score (nSPS) is 10.4. The highest BCUT2D eigenvalue weighted by molar-refractivity contribution is 5.78. The number of hydrogen-bond donors (Lipinski definition) is 3. The maximum atomic E-state index is 3.36. The Morgan fingerprint density at radius 3 is 0.929 bits per heavy atom. The molecule has 0 heterocycles. The first-order chi connectivity index (χ1) is 13.7. The predicted octanol–water partition coefficient (Wildman–Crippen LogP) is 6.45. The Balaban J connectivity index is 1.97. The molecule has 0 aromatic heterocycles. The van der Waals surface area contributed by atoms with Crippen LogP contribution < -0.4 is 20.9 Å². The molecule has 0 unspecified atom stereocenters. The Kier molecular flexibility index (Phi) is 6.79. The standard InChI is InChI=1S/C24H30N4/c1-4-25-19-7-13-22(14-8-19)28(23-15-9-20(10-16-23)26-5-2)24-17-11-21(12-18-24)27-6-3/h7-18,25-27H,4-6H2,1-3H3. The van der Waals surface area contributed by atoms with E-state index in [1.807, 2.05) is 0 Å². The lowest BCUT2D eigenvalue weighted by atomic mass is 10.1. The molecule has 0 aliphatic carbocycles. The zero-order chi connectivity index (χ0) is 19.8. The molecule has 0 amide bonds. The summed E-state index contributed by atoms with van der Waals surface area (Å²) in [7, 11) is 0. The van der Waals surface area contributed by atoms with Gasteiger partial charge >= 0.3 is 0 Å². The minimum Gasteiger partial charge on any atom is -0.385 e. The molecule has 0 radical (unpaired) electrons. The van der Waals surface area contributed by atoms with Gasteiger partial charge in [-0.25, -0.2) is 0 Å². The highest BCUT2D eigenvalue weighted by Crippen LogP contribution is 2.36. The molecule has 3 aromatic carbocycles. The van der Waals surface area contributed by atoms with E-state index < -0.39 is 0 Å². The summed E-state index contributed by atoms with van der Waals surface area (Å²) in [4.78, 5) is 2.28. The molecule has 0 aliphatic rings. The molecule has 3 aromatic rings. The highest BCUT2D eigenvalue weighted by Gasteiger charge is 2.12. The summed E-state index contributed by atoms with van der Waals surface area (Å²) in [6.45, 7) is 9.08. The van der Waals surface area contributed by atoms with Crippen LogP contribution in [0.3, 0.4) is 0 Å². The molecule has 0 atom stereocenters. The summed E-state index contributed by atoms with van der Waals surface area (Å²) in [5.74, 6) is 0. The number of nitrogens with zero attached hydrogens (tertiary/aromatic N) is 1. The minimum absolute atomic E-state index is 0.918. The van der Waals surface area contributed by atoms with E-state index in [0.717, 1.165) is 53.8 Å². The maximum absolute atomic E-state index is 3.36. The zero-order valence-electron chi connectivity index (χ0n) is 17.0. The van der Waals surface area contributed by atoms with Gasteiger partial charge in [-0.3, -0.25) is 0 Å². The fourth-order valence-electron chi connectivity index (χ4n) is 3.24. The number of benzene rings is 3. The van der Waals surface area contributed by atoms with Crippen molar-refractivity contribution in [2.45, 2.75) is 20.8 Å². The van der Waals surface area contributed by atoms with E-state index in [9.17, 15) is 0 Å². The Labute approximate surface area is 168 Å². The van der Waals surface area contributed by atoms with Crippen LogP contribution in [0.4, 0.5) is 34.1 Å². The van der Waals surface area contributed by atoms with Gasteiger partial charge in [0.15, 0.2) is 0 Å². The Bertz CT molecular complexity index is 722. The topological polar surface area (TPSA) is 39.3 Å². The SMILES string of the molecule is CCNc1ccc(N(c2ccc(NCC)cc2)c2ccc(NCC)cc2)cc1. The molecule has 4 heteroatoms. The first-order valence-electron chi connectivity index (χ1n) is 10.1. The monoisotopic (exact) mass is 374 g/mol. The van der Waals surface area contributed by atoms with Crippen LogP contribution in [-0.4, -0.2) is 19.6 Å². The maximum Gasteiger partial charge on any atom is 0.0463 e. The average molecular weight is 375 g/mol. The van der Waals surface area contributed by atoms with E-state index in [4.69, 9.17) is 0 Å². The van der Waals surface area contributed by atoms with Crippen molar-refractivity contribution >= 4 is 34.1 Å². The highest BCUT2D eigenvalue weighted by atomic mass is 15.1. The fraction of sp³-hybridized carbons (Fsp3) is 0.250. The van der Waals surface area contributed by atoms with Gasteiger partial charge in [0.25, 0.3) is 0 Å². The van der Waals surface area contributed by atoms with Gasteiger partial charge < -0.3 is 20.9 Å². The van der Waals surface area contributed by atoms with Gasteiger partial charge in [0.05, 0.1) is 0 Å². The van der Waals surface area contributed by atoms with Gasteiger partial charge in [0, 0.05) is 53.8 Å². The van der Waals surface area contributed by atoms with E-state index in [2.05, 4.69) is 114 Å². The second kappa shape index (κ2) is 9.70. The zero-order valence-corrected chi connectivity index (χ0v) is 17.0. The lowest BCUT2D eigenvalue weighted by Gasteiger charge is -2.26. The summed E-state index contributed by atoms with van der Waals surface area (Å²) >= 11 is 0. The Morgan fingerprint density at radius 2 is 0.714 bits per heavy atom. The van der Waals surface area contributed by atoms with Crippen molar-refractivity contribution in [1.29, 1.82) is 0 Å². The molecule has 3 N–H and O–H groups in total. The van der Waals surface area contributed by atoms with Gasteiger partial charge in [0.2, 0.25) is 0 Å². The van der Waals surface area contributed by atoms with Crippen LogP contribution in [0.5, 0.6) is 0 Å². The molecule has 28 heavy (non-hydrogen) atoms. The Hall–Kier alpha value is -3.14. The fourth-order valence-corrected chi connectivity index (χ4v) is 3.24. The van der Waals surface area contributed by atoms with Crippen molar-refractivity contribution in [3.63, 3.8) is 0 Å². The summed E-state index contributed by atoms with van der Waals surface area (Å²) < 4.78 is 0. The van der Waals surface area contributed by atoms with Crippen molar-refractivity contribution in [1.82, 2.24) is 0 Å². The number of anilines is 6. The second-order valence-corrected chi connectivity index (χ2v) is 6.57. The van der Waals surface area contributed by atoms with Crippen LogP contribution in [0.25, 0.3) is 0 Å². The van der Waals surface area contributed by atoms with Crippen LogP contribution in [0.2, 0.25) is 0 Å². The van der Waals surface area contributed by atoms with E-state index in [-0.39, 0.29) is 0 Å². The molecule has 3 rings (SSSR count). The molecule has 0 bridgehead atoms. The summed E-state index contributed by atoms with van der Waals surface area (Å²) in [6.07, 6.45) is 0. The number of nitrogens with one attached hydrogen (secondary N) is 3. The van der Waals surface area contributed by atoms with Crippen LogP contribution in [0.15, 0.2) is 72.8 Å². The van der Waals surface area contributed by atoms with Crippen molar-refractivity contribution < 1.29 is 0 Å². The predicted molar refractivity (Wildman–Crippen MR) is 124 cm³/mol. The Morgan fingerprint density at radius 1 is 0.464 bits per heavy atom. The van der Waals surface area contributed by atoms with Crippen molar-refractivity contribution in [3.05, 3.63) is 72.8 Å². The molecule has 0 saturated heterocycles. The number of rotatable bonds is 9. The lowest BCUT2D eigenvalue weighted by Crippen LogP contribution is -2.10. The van der Waals surface area contributed by atoms with Crippen LogP contribution >= 0.6 is 0 Å². The average Bonchev–Trinajstić information content (AvgIpc) is 2.73. The van der Waals surface area contributed by atoms with E-state index >= 15 is 0 Å². The molecule has 0 saturated carbocycles.